The van der Waals surface area contributed by atoms with E-state index in [1.165, 1.54) is 25.7 Å². The fourth-order valence-electron chi connectivity index (χ4n) is 3.51. The number of piperidine rings is 1. The average Bonchev–Trinajstić information content (AvgIpc) is 2.09. The maximum atomic E-state index is 3.85. The third-order valence-corrected chi connectivity index (χ3v) is 3.89. The molecule has 0 aromatic rings. The van der Waals surface area contributed by atoms with Crippen molar-refractivity contribution in [3.05, 3.63) is 0 Å². The van der Waals surface area contributed by atoms with Gasteiger partial charge < -0.3 is 10.6 Å². The summed E-state index contributed by atoms with van der Waals surface area (Å²) in [4.78, 5) is 0. The van der Waals surface area contributed by atoms with Gasteiger partial charge in [-0.15, -0.1) is 0 Å². The van der Waals surface area contributed by atoms with E-state index in [1.54, 1.807) is 0 Å². The van der Waals surface area contributed by atoms with Crippen molar-refractivity contribution in [2.24, 2.45) is 5.92 Å². The monoisotopic (exact) mass is 254 g/mol. The third-order valence-electron chi connectivity index (χ3n) is 3.89. The van der Waals surface area contributed by atoms with Crippen LogP contribution in [0.15, 0.2) is 0 Å². The Hall–Kier alpha value is -0.0800. The molecule has 2 N–H and O–H groups in total. The first-order valence-corrected chi connectivity index (χ1v) is 7.65. The lowest BCUT2D eigenvalue weighted by Crippen LogP contribution is -2.62. The number of hydrogen-bond donors (Lipinski definition) is 2. The smallest absolute Gasteiger partial charge is 0.0144 e. The molecular weight excluding hydrogens is 220 g/mol. The second-order valence-electron chi connectivity index (χ2n) is 8.04. The van der Waals surface area contributed by atoms with Crippen molar-refractivity contribution in [1.82, 2.24) is 10.6 Å². The molecule has 0 spiro atoms. The molecule has 0 amide bonds. The van der Waals surface area contributed by atoms with E-state index < -0.39 is 0 Å². The molecule has 0 bridgehead atoms. The highest BCUT2D eigenvalue weighted by molar-refractivity contribution is 4.99. The standard InChI is InChI=1S/C16H34N2/c1-12(2)8-9-13(3)17-14-10-15(4,5)18-16(6,7)11-14/h12-14,17-18H,8-11H2,1-7H3. The second kappa shape index (κ2) is 5.92. The van der Waals surface area contributed by atoms with Crippen molar-refractivity contribution in [2.45, 2.75) is 97.3 Å². The molecule has 0 radical (unpaired) electrons. The van der Waals surface area contributed by atoms with Gasteiger partial charge in [-0.05, 0) is 66.2 Å². The van der Waals surface area contributed by atoms with E-state index in [-0.39, 0.29) is 11.1 Å². The summed E-state index contributed by atoms with van der Waals surface area (Å²) in [7, 11) is 0. The Morgan fingerprint density at radius 3 is 1.94 bits per heavy atom. The third kappa shape index (κ3) is 5.71. The minimum Gasteiger partial charge on any atom is -0.311 e. The van der Waals surface area contributed by atoms with Crippen LogP contribution in [0.4, 0.5) is 0 Å². The van der Waals surface area contributed by atoms with Gasteiger partial charge in [-0.25, -0.2) is 0 Å². The van der Waals surface area contributed by atoms with Gasteiger partial charge in [0.05, 0.1) is 0 Å². The number of nitrogens with one attached hydrogen (secondary N) is 2. The zero-order valence-electron chi connectivity index (χ0n) is 13.6. The van der Waals surface area contributed by atoms with Crippen LogP contribution in [0, 0.1) is 5.92 Å². The van der Waals surface area contributed by atoms with Crippen LogP contribution < -0.4 is 10.6 Å². The van der Waals surface area contributed by atoms with Crippen molar-refractivity contribution in [3.8, 4) is 0 Å². The van der Waals surface area contributed by atoms with E-state index in [2.05, 4.69) is 59.1 Å². The Balaban J connectivity index is 2.46. The highest BCUT2D eigenvalue weighted by Gasteiger charge is 2.37. The van der Waals surface area contributed by atoms with Crippen LogP contribution in [-0.2, 0) is 0 Å². The van der Waals surface area contributed by atoms with Crippen LogP contribution in [-0.4, -0.2) is 23.2 Å². The van der Waals surface area contributed by atoms with E-state index in [4.69, 9.17) is 0 Å². The molecule has 1 fully saturated rings. The van der Waals surface area contributed by atoms with Crippen molar-refractivity contribution in [3.63, 3.8) is 0 Å². The second-order valence-corrected chi connectivity index (χ2v) is 8.04. The summed E-state index contributed by atoms with van der Waals surface area (Å²) in [6.45, 7) is 16.2. The molecule has 1 atom stereocenters. The highest BCUT2D eigenvalue weighted by atomic mass is 15.1. The minimum absolute atomic E-state index is 0.247. The van der Waals surface area contributed by atoms with E-state index in [9.17, 15) is 0 Å². The molecule has 0 aliphatic carbocycles. The van der Waals surface area contributed by atoms with Gasteiger partial charge in [-0.3, -0.25) is 0 Å². The molecule has 0 saturated carbocycles. The SMILES string of the molecule is CC(C)CCC(C)NC1CC(C)(C)NC(C)(C)C1. The summed E-state index contributed by atoms with van der Waals surface area (Å²) in [6.07, 6.45) is 5.07. The number of hydrogen-bond acceptors (Lipinski definition) is 2. The largest absolute Gasteiger partial charge is 0.311 e. The highest BCUT2D eigenvalue weighted by Crippen LogP contribution is 2.28. The van der Waals surface area contributed by atoms with Gasteiger partial charge in [0.15, 0.2) is 0 Å². The predicted molar refractivity (Wildman–Crippen MR) is 81.0 cm³/mol. The number of rotatable bonds is 5. The van der Waals surface area contributed by atoms with Crippen molar-refractivity contribution < 1.29 is 0 Å². The lowest BCUT2D eigenvalue weighted by molar-refractivity contribution is 0.139. The van der Waals surface area contributed by atoms with E-state index in [0.29, 0.717) is 12.1 Å². The first kappa shape index (κ1) is 16.0. The molecule has 1 unspecified atom stereocenters. The molecule has 18 heavy (non-hydrogen) atoms. The molecule has 1 rings (SSSR count). The van der Waals surface area contributed by atoms with Gasteiger partial charge in [-0.2, -0.15) is 0 Å². The molecular formula is C16H34N2. The van der Waals surface area contributed by atoms with E-state index in [0.717, 1.165) is 5.92 Å². The Labute approximate surface area is 114 Å². The van der Waals surface area contributed by atoms with Gasteiger partial charge in [0.25, 0.3) is 0 Å². The van der Waals surface area contributed by atoms with E-state index >= 15 is 0 Å². The molecule has 108 valence electrons. The fourth-order valence-corrected chi connectivity index (χ4v) is 3.51. The van der Waals surface area contributed by atoms with Crippen molar-refractivity contribution >= 4 is 0 Å². The van der Waals surface area contributed by atoms with Gasteiger partial charge >= 0.3 is 0 Å². The lowest BCUT2D eigenvalue weighted by Gasteiger charge is -2.47. The van der Waals surface area contributed by atoms with Crippen LogP contribution in [0.2, 0.25) is 0 Å². The summed E-state index contributed by atoms with van der Waals surface area (Å²) >= 11 is 0. The molecule has 0 aromatic carbocycles. The summed E-state index contributed by atoms with van der Waals surface area (Å²) in [5.41, 5.74) is 0.494. The molecule has 0 aromatic heterocycles. The van der Waals surface area contributed by atoms with Gasteiger partial charge in [0.2, 0.25) is 0 Å². The maximum Gasteiger partial charge on any atom is 0.0144 e. The molecule has 1 aliphatic rings. The van der Waals surface area contributed by atoms with Crippen molar-refractivity contribution in [1.29, 1.82) is 0 Å². The Kier molecular flexibility index (Phi) is 5.25. The van der Waals surface area contributed by atoms with Gasteiger partial charge in [0.1, 0.15) is 0 Å². The van der Waals surface area contributed by atoms with Crippen molar-refractivity contribution in [2.75, 3.05) is 0 Å². The average molecular weight is 254 g/mol. The van der Waals surface area contributed by atoms with Crippen LogP contribution in [0.3, 0.4) is 0 Å². The predicted octanol–water partition coefficient (Wildman–Crippen LogP) is 3.71. The molecule has 1 heterocycles. The van der Waals surface area contributed by atoms with Gasteiger partial charge in [0, 0.05) is 23.2 Å². The normalized spacial score (nSPS) is 25.3. The fraction of sp³-hybridized carbons (Fsp3) is 1.00. The zero-order chi connectivity index (χ0) is 14.0. The Bertz CT molecular complexity index is 240. The molecule has 2 heteroatoms. The quantitative estimate of drug-likeness (QED) is 0.781. The van der Waals surface area contributed by atoms with E-state index in [1.807, 2.05) is 0 Å². The van der Waals surface area contributed by atoms with Crippen LogP contribution in [0.5, 0.6) is 0 Å². The summed E-state index contributed by atoms with van der Waals surface area (Å²) < 4.78 is 0. The van der Waals surface area contributed by atoms with Crippen LogP contribution in [0.1, 0.15) is 74.1 Å². The van der Waals surface area contributed by atoms with Gasteiger partial charge in [-0.1, -0.05) is 13.8 Å². The summed E-state index contributed by atoms with van der Waals surface area (Å²) in [6, 6.07) is 1.29. The first-order valence-electron chi connectivity index (χ1n) is 7.65. The zero-order valence-corrected chi connectivity index (χ0v) is 13.6. The summed E-state index contributed by atoms with van der Waals surface area (Å²) in [5, 5.41) is 7.59. The van der Waals surface area contributed by atoms with Crippen LogP contribution >= 0.6 is 0 Å². The Morgan fingerprint density at radius 2 is 1.50 bits per heavy atom. The summed E-state index contributed by atoms with van der Waals surface area (Å²) in [5.74, 6) is 0.815. The minimum atomic E-state index is 0.247. The topological polar surface area (TPSA) is 24.1 Å². The first-order chi connectivity index (χ1) is 8.10. The molecule has 2 nitrogen and oxygen atoms in total. The van der Waals surface area contributed by atoms with Crippen LogP contribution in [0.25, 0.3) is 0 Å². The maximum absolute atomic E-state index is 3.85. The molecule has 1 saturated heterocycles. The Morgan fingerprint density at radius 1 is 1.00 bits per heavy atom. The lowest BCUT2D eigenvalue weighted by atomic mass is 9.79. The molecule has 1 aliphatic heterocycles.